The average molecular weight is 433 g/mol. The molecule has 0 fully saturated rings. The largest absolute Gasteiger partial charge is 0.411 e. The van der Waals surface area contributed by atoms with E-state index >= 15 is 0 Å². The zero-order chi connectivity index (χ0) is 22.5. The molecule has 0 rings (SSSR count). The molecule has 2 unspecified atom stereocenters. The first-order chi connectivity index (χ1) is 13.4. The molecule has 0 heterocycles. The maximum atomic E-state index is 10.2. The Bertz CT molecular complexity index is 403. The van der Waals surface area contributed by atoms with E-state index in [1.54, 1.807) is 0 Å². The Morgan fingerprint density at radius 2 is 1.66 bits per heavy atom. The van der Waals surface area contributed by atoms with E-state index in [1.807, 2.05) is 7.05 Å². The Kier molecular flexibility index (Phi) is 14.9. The van der Waals surface area contributed by atoms with Crippen LogP contribution >= 0.6 is 0 Å². The molecule has 29 heavy (non-hydrogen) atoms. The van der Waals surface area contributed by atoms with E-state index in [4.69, 9.17) is 4.43 Å². The molecule has 176 valence electrons. The first-order valence-electron chi connectivity index (χ1n) is 11.4. The Labute approximate surface area is 182 Å². The summed E-state index contributed by atoms with van der Waals surface area (Å²) in [6, 6.07) is 0. The molecule has 3 N–H and O–H groups in total. The minimum Gasteiger partial charge on any atom is -0.411 e. The monoisotopic (exact) mass is 432 g/mol. The SMILES string of the molecule is CNCCCCC(O)CNCC(CN(C)CCCN(C)C)O[Si](C)(C)C(C)(C)C. The zero-order valence-electron chi connectivity index (χ0n) is 21.0. The lowest BCUT2D eigenvalue weighted by Crippen LogP contribution is -2.50. The highest BCUT2D eigenvalue weighted by molar-refractivity contribution is 6.74. The van der Waals surface area contributed by atoms with E-state index in [9.17, 15) is 5.11 Å². The third-order valence-corrected chi connectivity index (χ3v) is 10.4. The van der Waals surface area contributed by atoms with Crippen LogP contribution in [-0.2, 0) is 4.43 Å². The number of nitrogens with one attached hydrogen (secondary N) is 2. The molecule has 0 amide bonds. The smallest absolute Gasteiger partial charge is 0.192 e. The minimum atomic E-state index is -1.84. The van der Waals surface area contributed by atoms with Crippen LogP contribution in [-0.4, -0.2) is 103 Å². The van der Waals surface area contributed by atoms with Gasteiger partial charge in [-0.3, -0.25) is 0 Å². The number of rotatable bonds is 17. The molecule has 0 spiro atoms. The van der Waals surface area contributed by atoms with Crippen molar-refractivity contribution in [1.29, 1.82) is 0 Å². The van der Waals surface area contributed by atoms with Crippen molar-refractivity contribution in [2.24, 2.45) is 0 Å². The number of hydrogen-bond acceptors (Lipinski definition) is 6. The van der Waals surface area contributed by atoms with E-state index in [2.05, 4.69) is 75.4 Å². The van der Waals surface area contributed by atoms with E-state index in [0.29, 0.717) is 6.54 Å². The van der Waals surface area contributed by atoms with Gasteiger partial charge in [0.05, 0.1) is 12.2 Å². The quantitative estimate of drug-likeness (QED) is 0.243. The van der Waals surface area contributed by atoms with Crippen molar-refractivity contribution in [3.8, 4) is 0 Å². The van der Waals surface area contributed by atoms with Gasteiger partial charge < -0.3 is 30.0 Å². The van der Waals surface area contributed by atoms with Gasteiger partial charge in [-0.25, -0.2) is 0 Å². The molecule has 0 radical (unpaired) electrons. The fourth-order valence-electron chi connectivity index (χ4n) is 3.03. The van der Waals surface area contributed by atoms with Gasteiger partial charge in [0.25, 0.3) is 0 Å². The van der Waals surface area contributed by atoms with Gasteiger partial charge in [-0.1, -0.05) is 20.8 Å². The van der Waals surface area contributed by atoms with Crippen molar-refractivity contribution in [2.75, 3.05) is 67.5 Å². The molecule has 6 nitrogen and oxygen atoms in total. The zero-order valence-corrected chi connectivity index (χ0v) is 22.0. The molecule has 2 atom stereocenters. The van der Waals surface area contributed by atoms with Crippen LogP contribution in [0.2, 0.25) is 18.1 Å². The Morgan fingerprint density at radius 3 is 2.21 bits per heavy atom. The second-order valence-corrected chi connectivity index (χ2v) is 15.1. The molecule has 0 aromatic rings. The summed E-state index contributed by atoms with van der Waals surface area (Å²) < 4.78 is 6.73. The summed E-state index contributed by atoms with van der Waals surface area (Å²) in [5.41, 5.74) is 0. The van der Waals surface area contributed by atoms with Gasteiger partial charge in [0.1, 0.15) is 0 Å². The van der Waals surface area contributed by atoms with Gasteiger partial charge in [-0.15, -0.1) is 0 Å². The van der Waals surface area contributed by atoms with Crippen molar-refractivity contribution in [3.05, 3.63) is 0 Å². The summed E-state index contributed by atoms with van der Waals surface area (Å²) in [5, 5.41) is 17.1. The molecule has 0 aliphatic heterocycles. The number of aliphatic hydroxyl groups excluding tert-OH is 1. The molecule has 0 aliphatic carbocycles. The van der Waals surface area contributed by atoms with Crippen LogP contribution in [0.3, 0.4) is 0 Å². The predicted molar refractivity (Wildman–Crippen MR) is 129 cm³/mol. The molecule has 0 saturated heterocycles. The van der Waals surface area contributed by atoms with Crippen molar-refractivity contribution < 1.29 is 9.53 Å². The molecule has 0 aliphatic rings. The first kappa shape index (κ1) is 29.0. The highest BCUT2D eigenvalue weighted by Gasteiger charge is 2.39. The Balaban J connectivity index is 4.59. The number of aliphatic hydroxyl groups is 1. The third-order valence-electron chi connectivity index (χ3n) is 5.89. The molecule has 7 heteroatoms. The summed E-state index contributed by atoms with van der Waals surface area (Å²) in [7, 11) is 6.57. The summed E-state index contributed by atoms with van der Waals surface area (Å²) in [4.78, 5) is 4.62. The Hall–Kier alpha value is -0.0231. The number of likely N-dealkylation sites (N-methyl/N-ethyl adjacent to an activating group) is 1. The van der Waals surface area contributed by atoms with Gasteiger partial charge in [-0.05, 0) is 91.6 Å². The van der Waals surface area contributed by atoms with Crippen LogP contribution in [0, 0.1) is 0 Å². The van der Waals surface area contributed by atoms with Gasteiger partial charge in [-0.2, -0.15) is 0 Å². The molecule has 0 bridgehead atoms. The fourth-order valence-corrected chi connectivity index (χ4v) is 4.37. The van der Waals surface area contributed by atoms with Crippen LogP contribution in [0.5, 0.6) is 0 Å². The second-order valence-electron chi connectivity index (χ2n) is 10.3. The predicted octanol–water partition coefficient (Wildman–Crippen LogP) is 2.60. The topological polar surface area (TPSA) is 60.0 Å². The fraction of sp³-hybridized carbons (Fsp3) is 1.00. The van der Waals surface area contributed by atoms with Crippen molar-refractivity contribution >= 4 is 8.32 Å². The maximum absolute atomic E-state index is 10.2. The molecule has 0 saturated carbocycles. The second kappa shape index (κ2) is 14.9. The van der Waals surface area contributed by atoms with Gasteiger partial charge in [0, 0.05) is 19.6 Å². The summed E-state index contributed by atoms with van der Waals surface area (Å²) in [5.74, 6) is 0. The van der Waals surface area contributed by atoms with Gasteiger partial charge >= 0.3 is 0 Å². The van der Waals surface area contributed by atoms with Gasteiger partial charge in [0.15, 0.2) is 8.32 Å². The van der Waals surface area contributed by atoms with E-state index in [-0.39, 0.29) is 17.2 Å². The lowest BCUT2D eigenvalue weighted by molar-refractivity contribution is 0.117. The summed E-state index contributed by atoms with van der Waals surface area (Å²) >= 11 is 0. The van der Waals surface area contributed by atoms with Crippen molar-refractivity contribution in [3.63, 3.8) is 0 Å². The van der Waals surface area contributed by atoms with Crippen LogP contribution in [0.4, 0.5) is 0 Å². The molecule has 0 aromatic carbocycles. The minimum absolute atomic E-state index is 0.150. The summed E-state index contributed by atoms with van der Waals surface area (Å²) in [6.45, 7) is 17.1. The number of unbranched alkanes of at least 4 members (excludes halogenated alkanes) is 1. The van der Waals surface area contributed by atoms with E-state index in [0.717, 1.165) is 58.4 Å². The number of hydrogen-bond donors (Lipinski definition) is 3. The van der Waals surface area contributed by atoms with Crippen LogP contribution in [0.25, 0.3) is 0 Å². The summed E-state index contributed by atoms with van der Waals surface area (Å²) in [6.07, 6.45) is 4.06. The highest BCUT2D eigenvalue weighted by atomic mass is 28.4. The lowest BCUT2D eigenvalue weighted by Gasteiger charge is -2.40. The Morgan fingerprint density at radius 1 is 1.00 bits per heavy atom. The van der Waals surface area contributed by atoms with Crippen molar-refractivity contribution in [1.82, 2.24) is 20.4 Å². The van der Waals surface area contributed by atoms with Crippen molar-refractivity contribution in [2.45, 2.75) is 76.8 Å². The van der Waals surface area contributed by atoms with E-state index < -0.39 is 8.32 Å². The normalized spacial score (nSPS) is 15.3. The van der Waals surface area contributed by atoms with Crippen LogP contribution in [0.15, 0.2) is 0 Å². The number of nitrogens with zero attached hydrogens (tertiary/aromatic N) is 2. The molecular formula is C22H52N4O2Si. The van der Waals surface area contributed by atoms with Crippen LogP contribution < -0.4 is 10.6 Å². The molecular weight excluding hydrogens is 380 g/mol. The maximum Gasteiger partial charge on any atom is 0.192 e. The average Bonchev–Trinajstić information content (AvgIpc) is 2.57. The lowest BCUT2D eigenvalue weighted by atomic mass is 10.1. The first-order valence-corrected chi connectivity index (χ1v) is 14.3. The van der Waals surface area contributed by atoms with E-state index in [1.165, 1.54) is 0 Å². The van der Waals surface area contributed by atoms with Crippen LogP contribution in [0.1, 0.15) is 46.5 Å². The standard InChI is InChI=1S/C22H52N4O2Si/c1-22(2,3)29(8,9)28-21(19-26(7)16-12-15-25(5)6)18-24-17-20(27)13-10-11-14-23-4/h20-21,23-24,27H,10-19H2,1-9H3. The third kappa shape index (κ3) is 14.6. The molecule has 0 aromatic heterocycles. The van der Waals surface area contributed by atoms with Gasteiger partial charge in [0.2, 0.25) is 0 Å². The highest BCUT2D eigenvalue weighted by Crippen LogP contribution is 2.37.